The SMILES string of the molecule is CC(C)c1ccccc1[C@H]1CCCN1C1CC2(CCN(c3ccc(C(=O)NS(=O)(=O)c4cc5c(c([N+](=O)[O-])c4)N[C@@H]([C@H]4CC[C@](C)(O)CC4)CO5)c(Oc4cc5cc[nH]c5nc4NC[C@@H](C)O)c3)CC2)C1. The zero-order valence-corrected chi connectivity index (χ0v) is 41.8. The van der Waals surface area contributed by atoms with Crippen molar-refractivity contribution >= 4 is 49.8 Å². The molecule has 3 aliphatic heterocycles. The van der Waals surface area contributed by atoms with Crippen molar-refractivity contribution in [2.24, 2.45) is 11.3 Å². The molecule has 17 nitrogen and oxygen atoms in total. The number of piperidine rings is 1. The van der Waals surface area contributed by atoms with Gasteiger partial charge in [0.2, 0.25) is 0 Å². The number of fused-ring (bicyclic) bond motifs is 2. The van der Waals surface area contributed by atoms with Crippen LogP contribution in [-0.2, 0) is 10.0 Å². The Morgan fingerprint density at radius 1 is 1.00 bits per heavy atom. The number of hydrogen-bond acceptors (Lipinski definition) is 14. The van der Waals surface area contributed by atoms with Crippen LogP contribution in [0.3, 0.4) is 0 Å². The number of ether oxygens (including phenoxy) is 2. The molecule has 3 aromatic carbocycles. The summed E-state index contributed by atoms with van der Waals surface area (Å²) in [6, 6.07) is 20.5. The molecule has 5 aromatic rings. The molecule has 1 amide bonds. The minimum atomic E-state index is -4.72. The van der Waals surface area contributed by atoms with Crippen molar-refractivity contribution < 1.29 is 37.8 Å². The van der Waals surface area contributed by atoms with Gasteiger partial charge in [0.25, 0.3) is 21.6 Å². The minimum Gasteiger partial charge on any atom is -0.489 e. The van der Waals surface area contributed by atoms with Gasteiger partial charge in [-0.05, 0) is 137 Å². The molecular formula is C53H66N8O9S. The van der Waals surface area contributed by atoms with E-state index in [4.69, 9.17) is 9.47 Å². The van der Waals surface area contributed by atoms with Crippen molar-refractivity contribution in [1.82, 2.24) is 19.6 Å². The van der Waals surface area contributed by atoms with E-state index in [1.54, 1.807) is 44.3 Å². The smallest absolute Gasteiger partial charge is 0.297 e. The van der Waals surface area contributed by atoms with Gasteiger partial charge in [-0.1, -0.05) is 38.1 Å². The van der Waals surface area contributed by atoms with Gasteiger partial charge in [0.15, 0.2) is 23.0 Å². The van der Waals surface area contributed by atoms with Crippen LogP contribution in [0, 0.1) is 21.4 Å². The van der Waals surface area contributed by atoms with Gasteiger partial charge in [-0.3, -0.25) is 19.8 Å². The Hall–Kier alpha value is -5.95. The fraction of sp³-hybridized carbons (Fsp3) is 0.509. The first-order chi connectivity index (χ1) is 33.9. The van der Waals surface area contributed by atoms with Crippen LogP contribution >= 0.6 is 0 Å². The van der Waals surface area contributed by atoms with Gasteiger partial charge in [0.1, 0.15) is 18.0 Å². The molecule has 3 atom stereocenters. The van der Waals surface area contributed by atoms with Gasteiger partial charge < -0.3 is 40.2 Å². The summed E-state index contributed by atoms with van der Waals surface area (Å²) < 4.78 is 43.0. The van der Waals surface area contributed by atoms with E-state index in [-0.39, 0.29) is 59.0 Å². The first-order valence-corrected chi connectivity index (χ1v) is 26.8. The average molecular weight is 991 g/mol. The molecule has 1 spiro atoms. The molecular weight excluding hydrogens is 925 g/mol. The van der Waals surface area contributed by atoms with Crippen LogP contribution in [0.1, 0.15) is 125 Å². The predicted octanol–water partition coefficient (Wildman–Crippen LogP) is 9.00. The number of aromatic nitrogens is 2. The number of nitro groups is 1. The second kappa shape index (κ2) is 19.2. The van der Waals surface area contributed by atoms with Crippen molar-refractivity contribution in [2.45, 2.75) is 133 Å². The Morgan fingerprint density at radius 3 is 2.49 bits per heavy atom. The number of nitrogens with zero attached hydrogens (tertiary/aromatic N) is 4. The third-order valence-corrected chi connectivity index (χ3v) is 17.3. The predicted molar refractivity (Wildman–Crippen MR) is 272 cm³/mol. The summed E-state index contributed by atoms with van der Waals surface area (Å²) in [7, 11) is -4.72. The van der Waals surface area contributed by atoms with Gasteiger partial charge >= 0.3 is 0 Å². The van der Waals surface area contributed by atoms with Crippen LogP contribution in [0.4, 0.5) is 22.9 Å². The number of sulfonamides is 1. The topological polar surface area (TPSA) is 225 Å². The highest BCUT2D eigenvalue weighted by atomic mass is 32.2. The number of anilines is 3. The number of aliphatic hydroxyl groups excluding tert-OH is 1. The van der Waals surface area contributed by atoms with Gasteiger partial charge in [0.05, 0.1) is 33.1 Å². The summed E-state index contributed by atoms with van der Waals surface area (Å²) in [5.74, 6) is 0.145. The summed E-state index contributed by atoms with van der Waals surface area (Å²) >= 11 is 0. The van der Waals surface area contributed by atoms with Gasteiger partial charge in [0, 0.05) is 67.2 Å². The number of amides is 1. The maximum absolute atomic E-state index is 14.4. The lowest BCUT2D eigenvalue weighted by molar-refractivity contribution is -0.384. The molecule has 71 heavy (non-hydrogen) atoms. The largest absolute Gasteiger partial charge is 0.489 e. The van der Waals surface area contributed by atoms with E-state index in [1.165, 1.54) is 42.9 Å². The molecule has 0 bridgehead atoms. The van der Waals surface area contributed by atoms with E-state index in [1.807, 2.05) is 6.07 Å². The first-order valence-electron chi connectivity index (χ1n) is 25.3. The Kier molecular flexibility index (Phi) is 13.2. The molecule has 0 unspecified atom stereocenters. The number of carbonyl (C=O) groups excluding carboxylic acids is 1. The molecule has 18 heteroatoms. The van der Waals surface area contributed by atoms with Crippen LogP contribution in [0.2, 0.25) is 0 Å². The van der Waals surface area contributed by atoms with E-state index in [0.29, 0.717) is 55.1 Å². The molecule has 0 radical (unpaired) electrons. The second-order valence-corrected chi connectivity index (χ2v) is 23.1. The van der Waals surface area contributed by atoms with Crippen LogP contribution < -0.4 is 29.7 Å². The normalized spacial score (nSPS) is 23.9. The first kappa shape index (κ1) is 48.7. The number of likely N-dealkylation sites (tertiary alicyclic amines) is 1. The zero-order valence-electron chi connectivity index (χ0n) is 40.9. The van der Waals surface area contributed by atoms with Crippen LogP contribution in [0.25, 0.3) is 11.0 Å². The average Bonchev–Trinajstić information content (AvgIpc) is 4.02. The summed E-state index contributed by atoms with van der Waals surface area (Å²) in [4.78, 5) is 38.5. The molecule has 378 valence electrons. The summed E-state index contributed by atoms with van der Waals surface area (Å²) in [6.07, 6.45) is 10.4. The standard InChI is InChI=1S/C53H66N8O9S/c1-32(2)39-8-5-6-9-40(39)43-10-7-21-60(43)37-28-53(29-37)18-22-59(23-19-53)36-11-12-41(45(25-36)70-47-24-35-15-20-54-49(35)57-50(47)55-30-33(3)62)51(63)58-71(67,68)38-26-44(61(65)66)48-46(27-38)69-31-42(56-48)34-13-16-52(4,64)17-14-34/h5-6,8-9,11-12,15,20,24-27,32-34,37,42-43,56,62,64H,7,10,13-14,16-19,21-23,28-31H2,1-4H3,(H,58,63)(H2,54,55,57)/t33-,34-,42-,43-,52-/m1/s1. The number of nitro benzene ring substituents is 1. The zero-order chi connectivity index (χ0) is 49.8. The van der Waals surface area contributed by atoms with Crippen molar-refractivity contribution in [2.75, 3.05) is 48.3 Å². The third-order valence-electron chi connectivity index (χ3n) is 16.0. The van der Waals surface area contributed by atoms with Crippen molar-refractivity contribution in [1.29, 1.82) is 0 Å². The Balaban J connectivity index is 0.891. The Bertz CT molecular complexity index is 2910. The number of pyridine rings is 1. The number of hydrogen-bond donors (Lipinski definition) is 6. The van der Waals surface area contributed by atoms with Crippen LogP contribution in [0.15, 0.2) is 77.8 Å². The fourth-order valence-corrected chi connectivity index (χ4v) is 12.9. The maximum Gasteiger partial charge on any atom is 0.297 e. The van der Waals surface area contributed by atoms with Crippen molar-refractivity contribution in [3.05, 3.63) is 99.7 Å². The molecule has 5 aliphatic rings. The van der Waals surface area contributed by atoms with Gasteiger partial charge in [-0.2, -0.15) is 0 Å². The van der Waals surface area contributed by atoms with Crippen LogP contribution in [-0.4, -0.2) is 101 Å². The highest BCUT2D eigenvalue weighted by Crippen LogP contribution is 2.54. The van der Waals surface area contributed by atoms with E-state index in [0.717, 1.165) is 49.6 Å². The van der Waals surface area contributed by atoms with E-state index >= 15 is 0 Å². The number of nitrogens with one attached hydrogen (secondary N) is 4. The van der Waals surface area contributed by atoms with Gasteiger partial charge in [-0.25, -0.2) is 18.1 Å². The molecule has 2 aromatic heterocycles. The highest BCUT2D eigenvalue weighted by molar-refractivity contribution is 7.90. The summed E-state index contributed by atoms with van der Waals surface area (Å²) in [6.45, 7) is 11.0. The number of benzene rings is 3. The number of aromatic amines is 1. The van der Waals surface area contributed by atoms with Crippen molar-refractivity contribution in [3.8, 4) is 17.2 Å². The number of H-pyrrole nitrogens is 1. The molecule has 6 N–H and O–H groups in total. The molecule has 2 aliphatic carbocycles. The second-order valence-electron chi connectivity index (χ2n) is 21.4. The number of carbonyl (C=O) groups is 1. The quantitative estimate of drug-likeness (QED) is 0.0451. The van der Waals surface area contributed by atoms with Gasteiger partial charge in [-0.15, -0.1) is 0 Å². The highest BCUT2D eigenvalue weighted by Gasteiger charge is 2.50. The number of rotatable bonds is 14. The van der Waals surface area contributed by atoms with Crippen molar-refractivity contribution in [3.63, 3.8) is 0 Å². The number of aliphatic hydroxyl groups is 2. The fourth-order valence-electron chi connectivity index (χ4n) is 11.9. The molecule has 2 saturated carbocycles. The molecule has 5 heterocycles. The minimum absolute atomic E-state index is 0.0160. The summed E-state index contributed by atoms with van der Waals surface area (Å²) in [5.41, 5.74) is 3.27. The van der Waals surface area contributed by atoms with E-state index in [2.05, 4.69) is 73.2 Å². The Labute approximate surface area is 414 Å². The lowest BCUT2D eigenvalue weighted by Gasteiger charge is -2.56. The summed E-state index contributed by atoms with van der Waals surface area (Å²) in [5, 5.41) is 40.2. The molecule has 10 rings (SSSR count). The van der Waals surface area contributed by atoms with E-state index in [9.17, 15) is 33.5 Å². The Morgan fingerprint density at radius 2 is 1.76 bits per heavy atom. The maximum atomic E-state index is 14.4. The third kappa shape index (κ3) is 10.00. The lowest BCUT2D eigenvalue weighted by atomic mass is 9.59. The molecule has 4 fully saturated rings. The monoisotopic (exact) mass is 990 g/mol. The van der Waals surface area contributed by atoms with E-state index < -0.39 is 43.1 Å². The van der Waals surface area contributed by atoms with Crippen LogP contribution in [0.5, 0.6) is 17.2 Å². The lowest BCUT2D eigenvalue weighted by Crippen LogP contribution is -2.54. The molecule has 2 saturated heterocycles.